The van der Waals surface area contributed by atoms with Gasteiger partial charge in [-0.3, -0.25) is 0 Å². The van der Waals surface area contributed by atoms with Gasteiger partial charge < -0.3 is 5.73 Å². The van der Waals surface area contributed by atoms with Crippen LogP contribution >= 0.6 is 0 Å². The molecule has 0 aliphatic heterocycles. The van der Waals surface area contributed by atoms with Crippen LogP contribution in [-0.4, -0.2) is 0 Å². The number of aryl methyl sites for hydroxylation is 1. The Labute approximate surface area is 116 Å². The Kier molecular flexibility index (Phi) is 3.74. The Morgan fingerprint density at radius 2 is 1.79 bits per heavy atom. The average Bonchev–Trinajstić information content (AvgIpc) is 2.31. The van der Waals surface area contributed by atoms with Crippen molar-refractivity contribution >= 4 is 0 Å². The van der Waals surface area contributed by atoms with Gasteiger partial charge in [-0.25, -0.2) is 4.39 Å². The highest BCUT2D eigenvalue weighted by Crippen LogP contribution is 2.44. The molecule has 0 radical (unpaired) electrons. The normalized spacial score (nSPS) is 28.4. The molecule has 2 rings (SSSR count). The molecule has 2 heteroatoms. The van der Waals surface area contributed by atoms with Gasteiger partial charge in [0.2, 0.25) is 0 Å². The van der Waals surface area contributed by atoms with Crippen LogP contribution in [0.3, 0.4) is 0 Å². The minimum Gasteiger partial charge on any atom is -0.321 e. The van der Waals surface area contributed by atoms with Crippen molar-refractivity contribution in [3.63, 3.8) is 0 Å². The van der Waals surface area contributed by atoms with Crippen molar-refractivity contribution in [2.45, 2.75) is 58.9 Å². The second-order valence-electron chi connectivity index (χ2n) is 7.26. The first-order valence-electron chi connectivity index (χ1n) is 7.28. The maximum atomic E-state index is 13.5. The molecule has 0 amide bonds. The van der Waals surface area contributed by atoms with Crippen LogP contribution in [0.15, 0.2) is 18.2 Å². The largest absolute Gasteiger partial charge is 0.321 e. The molecule has 0 spiro atoms. The van der Waals surface area contributed by atoms with E-state index >= 15 is 0 Å². The lowest BCUT2D eigenvalue weighted by Crippen LogP contribution is -2.43. The zero-order valence-electron chi connectivity index (χ0n) is 12.6. The Morgan fingerprint density at radius 1 is 1.21 bits per heavy atom. The summed E-state index contributed by atoms with van der Waals surface area (Å²) in [6, 6.07) is 4.99. The van der Waals surface area contributed by atoms with Gasteiger partial charge in [0.05, 0.1) is 0 Å². The average molecular weight is 263 g/mol. The molecule has 1 aromatic rings. The molecule has 106 valence electrons. The maximum Gasteiger partial charge on any atom is 0.123 e. The van der Waals surface area contributed by atoms with Crippen molar-refractivity contribution in [1.29, 1.82) is 0 Å². The van der Waals surface area contributed by atoms with E-state index in [0.717, 1.165) is 42.7 Å². The zero-order valence-corrected chi connectivity index (χ0v) is 12.6. The number of rotatable bonds is 1. The smallest absolute Gasteiger partial charge is 0.123 e. The number of nitrogens with two attached hydrogens (primary N) is 1. The summed E-state index contributed by atoms with van der Waals surface area (Å²) in [5.74, 6) is 0.543. The molecule has 1 aromatic carbocycles. The molecule has 1 nitrogen and oxygen atoms in total. The molecule has 0 atom stereocenters. The molecular weight excluding hydrogens is 237 g/mol. The lowest BCUT2D eigenvalue weighted by atomic mass is 9.65. The third-order valence-corrected chi connectivity index (χ3v) is 4.84. The second kappa shape index (κ2) is 4.90. The van der Waals surface area contributed by atoms with Crippen molar-refractivity contribution in [2.24, 2.45) is 17.1 Å². The molecular formula is C17H26FN. The van der Waals surface area contributed by atoms with Gasteiger partial charge in [-0.1, -0.05) is 26.8 Å². The summed E-state index contributed by atoms with van der Waals surface area (Å²) in [5, 5.41) is 0. The van der Waals surface area contributed by atoms with Gasteiger partial charge in [0.15, 0.2) is 0 Å². The molecule has 0 aromatic heterocycles. The molecule has 0 heterocycles. The highest BCUT2D eigenvalue weighted by Gasteiger charge is 2.37. The fraction of sp³-hybridized carbons (Fsp3) is 0.647. The Morgan fingerprint density at radius 3 is 2.32 bits per heavy atom. The molecule has 0 bridgehead atoms. The molecule has 1 aliphatic carbocycles. The minimum absolute atomic E-state index is 0.177. The van der Waals surface area contributed by atoms with Gasteiger partial charge in [0, 0.05) is 5.54 Å². The minimum atomic E-state index is -0.339. The van der Waals surface area contributed by atoms with Crippen LogP contribution in [0.4, 0.5) is 4.39 Å². The zero-order chi connectivity index (χ0) is 14.3. The standard InChI is InChI=1S/C17H26FN/c1-12-5-6-14(18)11-15(12)17(19)9-7-13(8-10-17)16(2,3)4/h5-6,11,13H,7-10,19H2,1-4H3. The van der Waals surface area contributed by atoms with Gasteiger partial charge in [0.1, 0.15) is 5.82 Å². The van der Waals surface area contributed by atoms with Crippen molar-refractivity contribution in [3.8, 4) is 0 Å². The van der Waals surface area contributed by atoms with Crippen molar-refractivity contribution in [1.82, 2.24) is 0 Å². The van der Waals surface area contributed by atoms with Gasteiger partial charge in [-0.05, 0) is 67.2 Å². The number of hydrogen-bond acceptors (Lipinski definition) is 1. The number of benzene rings is 1. The first kappa shape index (κ1) is 14.5. The predicted molar refractivity (Wildman–Crippen MR) is 78.4 cm³/mol. The first-order valence-corrected chi connectivity index (χ1v) is 7.28. The van der Waals surface area contributed by atoms with E-state index in [4.69, 9.17) is 5.73 Å². The Balaban J connectivity index is 2.20. The number of halogens is 1. The lowest BCUT2D eigenvalue weighted by Gasteiger charge is -2.43. The third kappa shape index (κ3) is 3.00. The van der Waals surface area contributed by atoms with Crippen molar-refractivity contribution in [3.05, 3.63) is 35.1 Å². The van der Waals surface area contributed by atoms with E-state index in [2.05, 4.69) is 20.8 Å². The highest BCUT2D eigenvalue weighted by atomic mass is 19.1. The van der Waals surface area contributed by atoms with Gasteiger partial charge in [-0.2, -0.15) is 0 Å². The summed E-state index contributed by atoms with van der Waals surface area (Å²) in [5.41, 5.74) is 8.70. The van der Waals surface area contributed by atoms with Crippen LogP contribution in [0, 0.1) is 24.1 Å². The Bertz CT molecular complexity index is 451. The predicted octanol–water partition coefficient (Wildman–Crippen LogP) is 4.52. The highest BCUT2D eigenvalue weighted by molar-refractivity contribution is 5.33. The van der Waals surface area contributed by atoms with Crippen LogP contribution in [0.5, 0.6) is 0 Å². The van der Waals surface area contributed by atoms with Crippen LogP contribution in [0.2, 0.25) is 0 Å². The summed E-state index contributed by atoms with van der Waals surface area (Å²) in [6.45, 7) is 8.93. The van der Waals surface area contributed by atoms with Crippen LogP contribution in [0.1, 0.15) is 57.6 Å². The molecule has 19 heavy (non-hydrogen) atoms. The molecule has 0 saturated heterocycles. The molecule has 1 fully saturated rings. The van der Waals surface area contributed by atoms with Crippen LogP contribution in [0.25, 0.3) is 0 Å². The molecule has 2 N–H and O–H groups in total. The lowest BCUT2D eigenvalue weighted by molar-refractivity contribution is 0.133. The van der Waals surface area contributed by atoms with E-state index in [1.54, 1.807) is 6.07 Å². The van der Waals surface area contributed by atoms with E-state index in [0.29, 0.717) is 5.41 Å². The SMILES string of the molecule is Cc1ccc(F)cc1C1(N)CCC(C(C)(C)C)CC1. The first-order chi connectivity index (χ1) is 8.72. The van der Waals surface area contributed by atoms with Crippen molar-refractivity contribution < 1.29 is 4.39 Å². The van der Waals surface area contributed by atoms with Crippen LogP contribution < -0.4 is 5.73 Å². The maximum absolute atomic E-state index is 13.5. The van der Waals surface area contributed by atoms with Crippen molar-refractivity contribution in [2.75, 3.05) is 0 Å². The van der Waals surface area contributed by atoms with E-state index in [9.17, 15) is 4.39 Å². The monoisotopic (exact) mass is 263 g/mol. The molecule has 1 aliphatic rings. The second-order valence-corrected chi connectivity index (χ2v) is 7.26. The topological polar surface area (TPSA) is 26.0 Å². The summed E-state index contributed by atoms with van der Waals surface area (Å²) in [7, 11) is 0. The molecule has 1 saturated carbocycles. The summed E-state index contributed by atoms with van der Waals surface area (Å²) in [6.07, 6.45) is 4.18. The fourth-order valence-electron chi connectivity index (χ4n) is 3.40. The van der Waals surface area contributed by atoms with E-state index < -0.39 is 0 Å². The summed E-state index contributed by atoms with van der Waals surface area (Å²) in [4.78, 5) is 0. The van der Waals surface area contributed by atoms with Gasteiger partial charge in [0.25, 0.3) is 0 Å². The van der Waals surface area contributed by atoms with Gasteiger partial charge in [-0.15, -0.1) is 0 Å². The van der Waals surface area contributed by atoms with E-state index in [1.165, 1.54) is 6.07 Å². The van der Waals surface area contributed by atoms with E-state index in [-0.39, 0.29) is 11.4 Å². The summed E-state index contributed by atoms with van der Waals surface area (Å²) < 4.78 is 13.5. The Hall–Kier alpha value is -0.890. The molecule has 0 unspecified atom stereocenters. The van der Waals surface area contributed by atoms with Gasteiger partial charge >= 0.3 is 0 Å². The van der Waals surface area contributed by atoms with E-state index in [1.807, 2.05) is 13.0 Å². The van der Waals surface area contributed by atoms with Crippen LogP contribution in [-0.2, 0) is 5.54 Å². The third-order valence-electron chi connectivity index (χ3n) is 4.84. The summed E-state index contributed by atoms with van der Waals surface area (Å²) >= 11 is 0. The number of hydrogen-bond donors (Lipinski definition) is 1. The fourth-order valence-corrected chi connectivity index (χ4v) is 3.40. The quantitative estimate of drug-likeness (QED) is 0.791.